The molecule has 3 N–H and O–H groups in total. The number of anilines is 4. The Morgan fingerprint density at radius 2 is 2.00 bits per heavy atom. The van der Waals surface area contributed by atoms with Gasteiger partial charge >= 0.3 is 0 Å². The third-order valence-electron chi connectivity index (χ3n) is 9.55. The number of allylic oxidation sites excluding steroid dienone is 2. The topological polar surface area (TPSA) is 113 Å². The average Bonchev–Trinajstić information content (AvgIpc) is 3.33. The lowest BCUT2D eigenvalue weighted by molar-refractivity contribution is 0.107. The summed E-state index contributed by atoms with van der Waals surface area (Å²) in [7, 11) is 10.1. The number of rotatable bonds is 11. The van der Waals surface area contributed by atoms with Crippen LogP contribution in [0.25, 0.3) is 5.57 Å². The van der Waals surface area contributed by atoms with E-state index in [2.05, 4.69) is 83.3 Å². The van der Waals surface area contributed by atoms with Gasteiger partial charge in [0.15, 0.2) is 0 Å². The van der Waals surface area contributed by atoms with Gasteiger partial charge in [0, 0.05) is 44.4 Å². The van der Waals surface area contributed by atoms with E-state index in [1.807, 2.05) is 31.3 Å². The zero-order valence-electron chi connectivity index (χ0n) is 27.3. The number of aliphatic hydroxyl groups excluding tert-OH is 1. The number of hydrogen-bond acceptors (Lipinski definition) is 10. The third kappa shape index (κ3) is 6.56. The van der Waals surface area contributed by atoms with E-state index in [4.69, 9.17) is 9.72 Å². The van der Waals surface area contributed by atoms with Gasteiger partial charge in [-0.1, -0.05) is 31.9 Å². The van der Waals surface area contributed by atoms with E-state index >= 15 is 0 Å². The number of ether oxygens (including phenoxy) is 1. The average molecular weight is 611 g/mol. The lowest BCUT2D eigenvalue weighted by atomic mass is 9.80. The molecule has 1 fully saturated rings. The first-order valence-corrected chi connectivity index (χ1v) is 15.6. The van der Waals surface area contributed by atoms with Crippen molar-refractivity contribution in [3.63, 3.8) is 0 Å². The maximum absolute atomic E-state index is 10.5. The van der Waals surface area contributed by atoms with Gasteiger partial charge in [-0.15, -0.1) is 0 Å². The van der Waals surface area contributed by atoms with Gasteiger partial charge in [-0.25, -0.2) is 9.97 Å². The zero-order valence-corrected chi connectivity index (χ0v) is 27.3. The fourth-order valence-corrected chi connectivity index (χ4v) is 7.05. The third-order valence-corrected chi connectivity index (χ3v) is 9.55. The number of likely N-dealkylation sites (N-methyl/N-ethyl adjacent to an activating group) is 3. The monoisotopic (exact) mass is 610 g/mol. The van der Waals surface area contributed by atoms with E-state index in [1.165, 1.54) is 30.9 Å². The molecule has 1 aliphatic heterocycles. The molecular formula is C35H46N8O2. The minimum atomic E-state index is -0.939. The number of nitrogens with one attached hydrogen (secondary N) is 2. The Morgan fingerprint density at radius 1 is 1.24 bits per heavy atom. The van der Waals surface area contributed by atoms with Crippen LogP contribution in [0.5, 0.6) is 5.75 Å². The molecule has 0 saturated heterocycles. The lowest BCUT2D eigenvalue weighted by Crippen LogP contribution is -2.53. The van der Waals surface area contributed by atoms with Gasteiger partial charge in [-0.2, -0.15) is 5.26 Å². The van der Waals surface area contributed by atoms with E-state index in [0.29, 0.717) is 23.0 Å². The molecule has 10 heteroatoms. The summed E-state index contributed by atoms with van der Waals surface area (Å²) >= 11 is 0. The minimum Gasteiger partial charge on any atom is -0.494 e. The number of fused-ring (bicyclic) bond motifs is 1. The van der Waals surface area contributed by atoms with E-state index in [0.717, 1.165) is 42.0 Å². The highest BCUT2D eigenvalue weighted by molar-refractivity contribution is 5.82. The number of methoxy groups -OCH3 is 1. The fraction of sp³-hybridized carbons (Fsp3) is 0.457. The summed E-state index contributed by atoms with van der Waals surface area (Å²) in [4.78, 5) is 16.0. The van der Waals surface area contributed by atoms with Crippen LogP contribution in [-0.4, -0.2) is 84.5 Å². The number of benzene rings is 1. The Kier molecular flexibility index (Phi) is 9.51. The van der Waals surface area contributed by atoms with Crippen LogP contribution in [0.4, 0.5) is 23.0 Å². The molecule has 0 bridgehead atoms. The molecule has 1 aromatic carbocycles. The number of nitriles is 1. The van der Waals surface area contributed by atoms with Crippen molar-refractivity contribution in [2.24, 2.45) is 5.92 Å². The van der Waals surface area contributed by atoms with Crippen LogP contribution in [0.2, 0.25) is 0 Å². The molecule has 2 heterocycles. The van der Waals surface area contributed by atoms with E-state index in [-0.39, 0.29) is 17.5 Å². The summed E-state index contributed by atoms with van der Waals surface area (Å²) in [5.41, 5.74) is 5.87. The summed E-state index contributed by atoms with van der Waals surface area (Å²) < 4.78 is 5.87. The van der Waals surface area contributed by atoms with Crippen LogP contribution >= 0.6 is 0 Å². The van der Waals surface area contributed by atoms with Crippen molar-refractivity contribution in [2.45, 2.75) is 56.8 Å². The van der Waals surface area contributed by atoms with Gasteiger partial charge in [0.1, 0.15) is 12.0 Å². The van der Waals surface area contributed by atoms with Gasteiger partial charge in [0.25, 0.3) is 0 Å². The Bertz CT molecular complexity index is 1550. The van der Waals surface area contributed by atoms with Crippen LogP contribution in [0.1, 0.15) is 44.7 Å². The summed E-state index contributed by atoms with van der Waals surface area (Å²) in [5.74, 6) is 1.13. The molecule has 2 aromatic rings. The van der Waals surface area contributed by atoms with Gasteiger partial charge < -0.3 is 35.2 Å². The van der Waals surface area contributed by atoms with Crippen molar-refractivity contribution < 1.29 is 9.84 Å². The van der Waals surface area contributed by atoms with Crippen LogP contribution in [0.3, 0.4) is 0 Å². The smallest absolute Gasteiger partial charge is 0.227 e. The van der Waals surface area contributed by atoms with Crippen molar-refractivity contribution in [2.75, 3.05) is 57.4 Å². The predicted molar refractivity (Wildman–Crippen MR) is 181 cm³/mol. The normalized spacial score (nSPS) is 21.1. The van der Waals surface area contributed by atoms with Gasteiger partial charge in [0.05, 0.1) is 47.6 Å². The second kappa shape index (κ2) is 13.3. The summed E-state index contributed by atoms with van der Waals surface area (Å²) in [5, 5.41) is 27.0. The summed E-state index contributed by atoms with van der Waals surface area (Å²) in [6.45, 7) is 6.68. The molecular weight excluding hydrogens is 564 g/mol. The zero-order chi connectivity index (χ0) is 32.3. The second-order valence-corrected chi connectivity index (χ2v) is 12.7. The van der Waals surface area contributed by atoms with E-state index in [1.54, 1.807) is 13.3 Å². The van der Waals surface area contributed by atoms with E-state index < -0.39 is 6.23 Å². The van der Waals surface area contributed by atoms with Crippen molar-refractivity contribution in [3.05, 3.63) is 72.2 Å². The molecule has 0 amide bonds. The molecule has 2 aliphatic carbocycles. The van der Waals surface area contributed by atoms with Crippen LogP contribution < -0.4 is 20.3 Å². The molecule has 1 aromatic heterocycles. The van der Waals surface area contributed by atoms with Gasteiger partial charge in [-0.05, 0) is 75.5 Å². The summed E-state index contributed by atoms with van der Waals surface area (Å²) in [6.07, 6.45) is 14.4. The predicted octanol–water partition coefficient (Wildman–Crippen LogP) is 5.53. The molecule has 3 aliphatic rings. The Labute approximate surface area is 267 Å². The quantitative estimate of drug-likeness (QED) is 0.222. The highest BCUT2D eigenvalue weighted by atomic mass is 16.5. The SMILES string of the molecule is C=CC(O)Nc1cc(Nc2nccc(C3=CC4C(C)=CN(C)C4C(C#N)=C3)n2)c(OC)cc1N(C)CC1(N(C)C)CCCCC1. The largest absolute Gasteiger partial charge is 0.494 e. The molecule has 10 nitrogen and oxygen atoms in total. The standard InChI is InChI=1S/C35H46N8O2/c1-8-32(44)38-28-18-29(31(45-7)19-30(28)43(6)22-35(41(3)4)13-10-9-11-14-35)40-34-37-15-12-27(39-34)24-16-25(20-36)33-26(17-24)23(2)21-42(33)5/h8,12,15-19,21,26,32-33,38,44H,1,9-11,13-14,22H2,2-7H3,(H,37,39,40). The number of nitrogens with zero attached hydrogens (tertiary/aromatic N) is 6. The van der Waals surface area contributed by atoms with Crippen molar-refractivity contribution in [3.8, 4) is 11.8 Å². The highest BCUT2D eigenvalue weighted by Crippen LogP contribution is 2.42. The van der Waals surface area contributed by atoms with Crippen LogP contribution in [0.15, 0.2) is 66.5 Å². The Hall–Kier alpha value is -4.33. The van der Waals surface area contributed by atoms with Crippen molar-refractivity contribution in [1.82, 2.24) is 19.8 Å². The molecule has 45 heavy (non-hydrogen) atoms. The van der Waals surface area contributed by atoms with E-state index in [9.17, 15) is 10.4 Å². The van der Waals surface area contributed by atoms with Gasteiger partial charge in [-0.3, -0.25) is 0 Å². The van der Waals surface area contributed by atoms with Crippen molar-refractivity contribution >= 4 is 28.6 Å². The fourth-order valence-electron chi connectivity index (χ4n) is 7.05. The first kappa shape index (κ1) is 32.1. The number of hydrogen-bond donors (Lipinski definition) is 3. The molecule has 0 radical (unpaired) electrons. The highest BCUT2D eigenvalue weighted by Gasteiger charge is 2.37. The van der Waals surface area contributed by atoms with Crippen LogP contribution in [0, 0.1) is 17.2 Å². The Morgan fingerprint density at radius 3 is 2.67 bits per heavy atom. The maximum Gasteiger partial charge on any atom is 0.227 e. The lowest BCUT2D eigenvalue weighted by Gasteiger charge is -2.46. The minimum absolute atomic E-state index is 0.0154. The first-order valence-electron chi connectivity index (χ1n) is 15.6. The molecule has 5 rings (SSSR count). The molecule has 3 unspecified atom stereocenters. The number of aromatic nitrogens is 2. The number of aliphatic hydroxyl groups is 1. The summed E-state index contributed by atoms with van der Waals surface area (Å²) in [6, 6.07) is 8.16. The van der Waals surface area contributed by atoms with Gasteiger partial charge in [0.2, 0.25) is 5.95 Å². The molecule has 0 spiro atoms. The molecule has 238 valence electrons. The first-order chi connectivity index (χ1) is 21.6. The maximum atomic E-state index is 10.5. The van der Waals surface area contributed by atoms with Crippen LogP contribution in [-0.2, 0) is 0 Å². The van der Waals surface area contributed by atoms with Crippen molar-refractivity contribution in [1.29, 1.82) is 5.26 Å². The molecule has 1 saturated carbocycles. The Balaban J connectivity index is 1.47. The molecule has 3 atom stereocenters. The second-order valence-electron chi connectivity index (χ2n) is 12.7.